The third-order valence-electron chi connectivity index (χ3n) is 4.52. The highest BCUT2D eigenvalue weighted by atomic mass is 32.1. The lowest BCUT2D eigenvalue weighted by Gasteiger charge is -2.07. The van der Waals surface area contributed by atoms with E-state index in [1.165, 1.54) is 38.9 Å². The maximum Gasteiger partial charge on any atom is 0.277 e. The van der Waals surface area contributed by atoms with Gasteiger partial charge in [-0.2, -0.15) is 10.2 Å². The van der Waals surface area contributed by atoms with Gasteiger partial charge in [0.05, 0.1) is 17.3 Å². The summed E-state index contributed by atoms with van der Waals surface area (Å²) in [7, 11) is 0. The van der Waals surface area contributed by atoms with Crippen LogP contribution in [0.1, 0.15) is 22.3 Å². The SMILES string of the molecule is Cc1ccc(CNc2nc3ncn(-c4ccc(C#N)cc4)c(=O)c3s2)c(C)c1. The third kappa shape index (κ3) is 3.38. The summed E-state index contributed by atoms with van der Waals surface area (Å²) in [6.45, 7) is 4.79. The molecule has 0 radical (unpaired) electrons. The highest BCUT2D eigenvalue weighted by molar-refractivity contribution is 7.22. The highest BCUT2D eigenvalue weighted by Crippen LogP contribution is 2.23. The summed E-state index contributed by atoms with van der Waals surface area (Å²) in [5.74, 6) is 0. The van der Waals surface area contributed by atoms with Crippen LogP contribution < -0.4 is 10.9 Å². The van der Waals surface area contributed by atoms with Crippen LogP contribution in [0.2, 0.25) is 0 Å². The number of aromatic nitrogens is 3. The summed E-state index contributed by atoms with van der Waals surface area (Å²) in [5.41, 5.74) is 5.10. The Hall–Kier alpha value is -3.50. The number of hydrogen-bond donors (Lipinski definition) is 1. The molecule has 0 unspecified atom stereocenters. The Bertz CT molecular complexity index is 1260. The van der Waals surface area contributed by atoms with E-state index in [2.05, 4.69) is 53.4 Å². The molecular weight excluding hydrogens is 370 g/mol. The van der Waals surface area contributed by atoms with E-state index in [9.17, 15) is 4.79 Å². The normalized spacial score (nSPS) is 10.8. The number of nitriles is 1. The molecule has 28 heavy (non-hydrogen) atoms. The average Bonchev–Trinajstić information content (AvgIpc) is 3.12. The molecule has 0 saturated heterocycles. The summed E-state index contributed by atoms with van der Waals surface area (Å²) in [4.78, 5) is 21.6. The lowest BCUT2D eigenvalue weighted by atomic mass is 10.1. The minimum Gasteiger partial charge on any atom is -0.357 e. The predicted molar refractivity (Wildman–Crippen MR) is 111 cm³/mol. The van der Waals surface area contributed by atoms with Crippen molar-refractivity contribution in [2.75, 3.05) is 5.32 Å². The molecule has 0 aliphatic heterocycles. The topological polar surface area (TPSA) is 83.6 Å². The summed E-state index contributed by atoms with van der Waals surface area (Å²) in [5, 5.41) is 12.9. The van der Waals surface area contributed by atoms with Crippen molar-refractivity contribution in [3.8, 4) is 11.8 Å². The summed E-state index contributed by atoms with van der Waals surface area (Å²) >= 11 is 1.30. The number of aryl methyl sites for hydroxylation is 2. The number of nitrogens with zero attached hydrogens (tertiary/aromatic N) is 4. The van der Waals surface area contributed by atoms with Crippen molar-refractivity contribution in [3.63, 3.8) is 0 Å². The van der Waals surface area contributed by atoms with Gasteiger partial charge in [-0.05, 0) is 49.2 Å². The smallest absolute Gasteiger partial charge is 0.277 e. The zero-order chi connectivity index (χ0) is 19.7. The van der Waals surface area contributed by atoms with Gasteiger partial charge in [0.25, 0.3) is 5.56 Å². The quantitative estimate of drug-likeness (QED) is 0.573. The average molecular weight is 387 g/mol. The monoisotopic (exact) mass is 387 g/mol. The van der Waals surface area contributed by atoms with Gasteiger partial charge in [0.1, 0.15) is 11.0 Å². The molecule has 4 aromatic rings. The maximum atomic E-state index is 12.9. The molecule has 2 heterocycles. The largest absolute Gasteiger partial charge is 0.357 e. The Kier molecular flexibility index (Phi) is 4.63. The first kappa shape index (κ1) is 17.9. The van der Waals surface area contributed by atoms with Crippen molar-refractivity contribution in [2.24, 2.45) is 0 Å². The number of benzene rings is 2. The molecule has 0 saturated carbocycles. The molecule has 4 rings (SSSR count). The number of rotatable bonds is 4. The second-order valence-electron chi connectivity index (χ2n) is 6.53. The van der Waals surface area contributed by atoms with Crippen LogP contribution in [0.25, 0.3) is 16.0 Å². The summed E-state index contributed by atoms with van der Waals surface area (Å²) in [6, 6.07) is 15.2. The lowest BCUT2D eigenvalue weighted by molar-refractivity contribution is 0.961. The van der Waals surface area contributed by atoms with Crippen molar-refractivity contribution >= 4 is 26.8 Å². The number of fused-ring (bicyclic) bond motifs is 1. The molecule has 0 atom stereocenters. The first-order valence-electron chi connectivity index (χ1n) is 8.74. The molecule has 1 N–H and O–H groups in total. The van der Waals surface area contributed by atoms with E-state index in [0.29, 0.717) is 33.3 Å². The van der Waals surface area contributed by atoms with Crippen LogP contribution in [0.4, 0.5) is 5.13 Å². The molecule has 0 spiro atoms. The molecular formula is C21H17N5OS. The molecule has 138 valence electrons. The molecule has 0 amide bonds. The molecule has 2 aromatic carbocycles. The van der Waals surface area contributed by atoms with Crippen molar-refractivity contribution in [1.29, 1.82) is 5.26 Å². The predicted octanol–water partition coefficient (Wildman–Crippen LogP) is 3.94. The van der Waals surface area contributed by atoms with Crippen LogP contribution in [0, 0.1) is 25.2 Å². The van der Waals surface area contributed by atoms with E-state index in [4.69, 9.17) is 5.26 Å². The van der Waals surface area contributed by atoms with Crippen molar-refractivity contribution in [3.05, 3.63) is 81.4 Å². The van der Waals surface area contributed by atoms with Gasteiger partial charge in [-0.1, -0.05) is 35.1 Å². The molecule has 6 nitrogen and oxygen atoms in total. The minimum absolute atomic E-state index is 0.174. The lowest BCUT2D eigenvalue weighted by Crippen LogP contribution is -2.17. The molecule has 0 aliphatic rings. The standard InChI is InChI=1S/C21H17N5OS/c1-13-3-6-16(14(2)9-13)11-23-21-25-19-18(28-21)20(27)26(12-24-19)17-7-4-15(10-22)5-8-17/h3-9,12H,11H2,1-2H3,(H,23,25). The fourth-order valence-corrected chi connectivity index (χ4v) is 3.83. The Morgan fingerprint density at radius 3 is 2.68 bits per heavy atom. The van der Waals surface area contributed by atoms with E-state index in [0.717, 1.165) is 0 Å². The van der Waals surface area contributed by atoms with E-state index in [-0.39, 0.29) is 5.56 Å². The summed E-state index contributed by atoms with van der Waals surface area (Å²) < 4.78 is 1.96. The van der Waals surface area contributed by atoms with Crippen LogP contribution in [0.3, 0.4) is 0 Å². The molecule has 0 bridgehead atoms. The Labute approximate surface area is 165 Å². The zero-order valence-electron chi connectivity index (χ0n) is 15.4. The van der Waals surface area contributed by atoms with Crippen LogP contribution in [0.5, 0.6) is 0 Å². The Balaban J connectivity index is 1.63. The van der Waals surface area contributed by atoms with Crippen LogP contribution in [-0.4, -0.2) is 14.5 Å². The maximum absolute atomic E-state index is 12.9. The molecule has 7 heteroatoms. The fraction of sp³-hybridized carbons (Fsp3) is 0.143. The first-order valence-corrected chi connectivity index (χ1v) is 9.55. The van der Waals surface area contributed by atoms with Crippen molar-refractivity contribution in [2.45, 2.75) is 20.4 Å². The Morgan fingerprint density at radius 1 is 1.18 bits per heavy atom. The van der Waals surface area contributed by atoms with Crippen molar-refractivity contribution < 1.29 is 0 Å². The number of hydrogen-bond acceptors (Lipinski definition) is 6. The van der Waals surface area contributed by atoms with Crippen LogP contribution >= 0.6 is 11.3 Å². The van der Waals surface area contributed by atoms with Gasteiger partial charge in [-0.3, -0.25) is 9.36 Å². The van der Waals surface area contributed by atoms with Gasteiger partial charge >= 0.3 is 0 Å². The van der Waals surface area contributed by atoms with Crippen molar-refractivity contribution in [1.82, 2.24) is 14.5 Å². The molecule has 0 aliphatic carbocycles. The van der Waals surface area contributed by atoms with Gasteiger partial charge in [0.2, 0.25) is 0 Å². The number of thiazole rings is 1. The van der Waals surface area contributed by atoms with Gasteiger partial charge in [-0.15, -0.1) is 0 Å². The molecule has 2 aromatic heterocycles. The second kappa shape index (κ2) is 7.25. The van der Waals surface area contributed by atoms with E-state index in [1.54, 1.807) is 24.3 Å². The highest BCUT2D eigenvalue weighted by Gasteiger charge is 2.12. The van der Waals surface area contributed by atoms with E-state index >= 15 is 0 Å². The third-order valence-corrected chi connectivity index (χ3v) is 5.51. The second-order valence-corrected chi connectivity index (χ2v) is 7.53. The van der Waals surface area contributed by atoms with Gasteiger partial charge < -0.3 is 5.32 Å². The minimum atomic E-state index is -0.174. The number of nitrogens with one attached hydrogen (secondary N) is 1. The van der Waals surface area contributed by atoms with E-state index in [1.807, 2.05) is 0 Å². The fourth-order valence-electron chi connectivity index (χ4n) is 2.98. The Morgan fingerprint density at radius 2 is 1.96 bits per heavy atom. The van der Waals surface area contributed by atoms with Crippen LogP contribution in [0.15, 0.2) is 53.6 Å². The van der Waals surface area contributed by atoms with Gasteiger partial charge in [0, 0.05) is 6.54 Å². The van der Waals surface area contributed by atoms with E-state index < -0.39 is 0 Å². The van der Waals surface area contributed by atoms with Gasteiger partial charge in [0.15, 0.2) is 10.8 Å². The number of anilines is 1. The molecule has 0 fully saturated rings. The zero-order valence-corrected chi connectivity index (χ0v) is 16.2. The summed E-state index contributed by atoms with van der Waals surface area (Å²) in [6.07, 6.45) is 1.47. The van der Waals surface area contributed by atoms with Crippen LogP contribution in [-0.2, 0) is 6.54 Å². The van der Waals surface area contributed by atoms with Gasteiger partial charge in [-0.25, -0.2) is 4.98 Å². The first-order chi connectivity index (χ1) is 13.5.